The highest BCUT2D eigenvalue weighted by atomic mass is 16.6. The van der Waals surface area contributed by atoms with Crippen molar-refractivity contribution in [2.24, 2.45) is 0 Å². The Kier molecular flexibility index (Phi) is 9.42. The van der Waals surface area contributed by atoms with Crippen LogP contribution in [0.25, 0.3) is 10.9 Å². The molecule has 0 aliphatic carbocycles. The fourth-order valence-corrected chi connectivity index (χ4v) is 4.64. The zero-order valence-corrected chi connectivity index (χ0v) is 21.6. The summed E-state index contributed by atoms with van der Waals surface area (Å²) in [6.07, 6.45) is 6.16. The van der Waals surface area contributed by atoms with Crippen molar-refractivity contribution in [3.05, 3.63) is 111 Å². The minimum Gasteiger partial charge on any atom is -0.352 e. The number of carbonyl (C=O) groups excluding carboxylic acids is 2. The second-order valence-corrected chi connectivity index (χ2v) is 9.56. The zero-order valence-electron chi connectivity index (χ0n) is 21.6. The molecule has 9 nitrogen and oxygen atoms in total. The number of nitrogens with one attached hydrogen (secondary N) is 2. The summed E-state index contributed by atoms with van der Waals surface area (Å²) < 4.78 is 2.12. The molecule has 0 bridgehead atoms. The summed E-state index contributed by atoms with van der Waals surface area (Å²) in [5.41, 5.74) is 6.32. The van der Waals surface area contributed by atoms with Gasteiger partial charge in [0, 0.05) is 54.3 Å². The molecule has 0 aliphatic rings. The number of rotatable bonds is 13. The summed E-state index contributed by atoms with van der Waals surface area (Å²) in [5, 5.41) is 23.7. The van der Waals surface area contributed by atoms with Gasteiger partial charge in [0.15, 0.2) is 0 Å². The third-order valence-electron chi connectivity index (χ3n) is 6.71. The molecule has 4 aromatic rings. The Balaban J connectivity index is 1.39. The van der Waals surface area contributed by atoms with E-state index in [1.165, 1.54) is 6.07 Å². The zero-order chi connectivity index (χ0) is 27.6. The molecule has 202 valence electrons. The number of amides is 2. The van der Waals surface area contributed by atoms with Crippen LogP contribution < -0.4 is 10.8 Å². The summed E-state index contributed by atoms with van der Waals surface area (Å²) >= 11 is 0. The predicted octanol–water partition coefficient (Wildman–Crippen LogP) is 5.37. The highest BCUT2D eigenvalue weighted by Crippen LogP contribution is 2.28. The Hall–Kier alpha value is -4.50. The first kappa shape index (κ1) is 27.5. The van der Waals surface area contributed by atoms with Gasteiger partial charge < -0.3 is 9.88 Å². The van der Waals surface area contributed by atoms with Gasteiger partial charge in [-0.05, 0) is 54.2 Å². The van der Waals surface area contributed by atoms with Crippen LogP contribution in [0.4, 0.5) is 5.69 Å². The molecule has 0 radical (unpaired) electrons. The Morgan fingerprint density at radius 1 is 0.897 bits per heavy atom. The number of nitro benzene ring substituents is 1. The van der Waals surface area contributed by atoms with Crippen molar-refractivity contribution in [2.45, 2.75) is 45.1 Å². The first-order chi connectivity index (χ1) is 18.9. The number of nitrogens with zero attached hydrogens (tertiary/aromatic N) is 2. The Bertz CT molecular complexity index is 1430. The van der Waals surface area contributed by atoms with E-state index in [0.717, 1.165) is 46.9 Å². The number of carbonyl (C=O) groups is 2. The number of benzene rings is 3. The second-order valence-electron chi connectivity index (χ2n) is 9.56. The highest BCUT2D eigenvalue weighted by molar-refractivity contribution is 5.94. The largest absolute Gasteiger partial charge is 0.352 e. The molecule has 3 aromatic carbocycles. The molecular weight excluding hydrogens is 496 g/mol. The van der Waals surface area contributed by atoms with Crippen molar-refractivity contribution >= 4 is 28.4 Å². The Morgan fingerprint density at radius 3 is 2.36 bits per heavy atom. The van der Waals surface area contributed by atoms with Gasteiger partial charge in [-0.3, -0.25) is 24.9 Å². The topological polar surface area (TPSA) is 127 Å². The van der Waals surface area contributed by atoms with E-state index in [1.54, 1.807) is 29.7 Å². The summed E-state index contributed by atoms with van der Waals surface area (Å²) in [6.45, 7) is 1.21. The number of hydrogen-bond acceptors (Lipinski definition) is 5. The van der Waals surface area contributed by atoms with Gasteiger partial charge in [-0.25, -0.2) is 5.48 Å². The smallest absolute Gasteiger partial charge is 0.270 e. The maximum absolute atomic E-state index is 12.5. The molecular formula is C30H32N4O5. The van der Waals surface area contributed by atoms with E-state index in [9.17, 15) is 19.7 Å². The SMILES string of the molecule is O=C(CCCCCCNC(=O)c1ccc(Cc2cn(Cc3ccccc3)c3ccc([N+](=O)[O-])cc23)cc1)NO. The van der Waals surface area contributed by atoms with E-state index in [0.29, 0.717) is 37.9 Å². The molecule has 1 aromatic heterocycles. The molecule has 0 saturated carbocycles. The number of unbranched alkanes of at least 4 members (excludes halogenated alkanes) is 3. The lowest BCUT2D eigenvalue weighted by Crippen LogP contribution is -2.24. The van der Waals surface area contributed by atoms with Crippen LogP contribution in [0.2, 0.25) is 0 Å². The maximum Gasteiger partial charge on any atom is 0.270 e. The van der Waals surface area contributed by atoms with E-state index in [1.807, 2.05) is 30.3 Å². The summed E-state index contributed by atoms with van der Waals surface area (Å²) in [4.78, 5) is 34.6. The first-order valence-corrected chi connectivity index (χ1v) is 13.0. The number of non-ortho nitro benzene ring substituents is 1. The maximum atomic E-state index is 12.5. The number of fused-ring (bicyclic) bond motifs is 1. The molecule has 0 spiro atoms. The average molecular weight is 529 g/mol. The van der Waals surface area contributed by atoms with Gasteiger partial charge in [-0.1, -0.05) is 55.3 Å². The Morgan fingerprint density at radius 2 is 1.64 bits per heavy atom. The monoisotopic (exact) mass is 528 g/mol. The quantitative estimate of drug-likeness (QED) is 0.0930. The van der Waals surface area contributed by atoms with E-state index >= 15 is 0 Å². The molecule has 39 heavy (non-hydrogen) atoms. The third-order valence-corrected chi connectivity index (χ3v) is 6.71. The average Bonchev–Trinajstić information content (AvgIpc) is 3.29. The number of hydroxylamine groups is 1. The summed E-state index contributed by atoms with van der Waals surface area (Å²) in [7, 11) is 0. The molecule has 0 fully saturated rings. The van der Waals surface area contributed by atoms with Gasteiger partial charge >= 0.3 is 0 Å². The van der Waals surface area contributed by atoms with Crippen LogP contribution in [0.5, 0.6) is 0 Å². The van der Waals surface area contributed by atoms with Gasteiger partial charge in [0.05, 0.1) is 4.92 Å². The van der Waals surface area contributed by atoms with Gasteiger partial charge in [0.1, 0.15) is 0 Å². The van der Waals surface area contributed by atoms with Crippen molar-refractivity contribution in [3.8, 4) is 0 Å². The van der Waals surface area contributed by atoms with Crippen LogP contribution in [0, 0.1) is 10.1 Å². The van der Waals surface area contributed by atoms with Crippen molar-refractivity contribution in [2.75, 3.05) is 6.54 Å². The lowest BCUT2D eigenvalue weighted by Gasteiger charge is -2.07. The van der Waals surface area contributed by atoms with Crippen LogP contribution in [-0.2, 0) is 17.8 Å². The molecule has 2 amide bonds. The second kappa shape index (κ2) is 13.3. The van der Waals surface area contributed by atoms with E-state index in [4.69, 9.17) is 5.21 Å². The Labute approximate surface area is 226 Å². The van der Waals surface area contributed by atoms with Crippen molar-refractivity contribution in [3.63, 3.8) is 0 Å². The highest BCUT2D eigenvalue weighted by Gasteiger charge is 2.15. The van der Waals surface area contributed by atoms with E-state index < -0.39 is 0 Å². The summed E-state index contributed by atoms with van der Waals surface area (Å²) in [5.74, 6) is -0.526. The standard InChI is InChI=1S/C30H32N4O5/c35-29(32-37)10-6-1-2-7-17-31-30(36)24-13-11-22(12-14-24)18-25-21-33(20-23-8-4-3-5-9-23)28-16-15-26(34(38)39)19-27(25)28/h3-5,8-9,11-16,19,21,37H,1-2,6-7,10,17-18,20H2,(H,31,36)(H,32,35). The lowest BCUT2D eigenvalue weighted by molar-refractivity contribution is -0.384. The summed E-state index contributed by atoms with van der Waals surface area (Å²) in [6, 6.07) is 22.5. The fourth-order valence-electron chi connectivity index (χ4n) is 4.64. The van der Waals surface area contributed by atoms with Gasteiger partial charge in [-0.15, -0.1) is 0 Å². The minimum absolute atomic E-state index is 0.0592. The van der Waals surface area contributed by atoms with Crippen LogP contribution in [0.15, 0.2) is 79.0 Å². The molecule has 1 heterocycles. The van der Waals surface area contributed by atoms with Crippen LogP contribution in [-0.4, -0.2) is 33.1 Å². The molecule has 0 saturated heterocycles. The third kappa shape index (κ3) is 7.52. The number of nitro groups is 1. The number of aromatic nitrogens is 1. The molecule has 0 aliphatic heterocycles. The minimum atomic E-state index is -0.383. The van der Waals surface area contributed by atoms with E-state index in [2.05, 4.69) is 28.2 Å². The molecule has 4 rings (SSSR count). The van der Waals surface area contributed by atoms with Crippen molar-refractivity contribution < 1.29 is 19.7 Å². The lowest BCUT2D eigenvalue weighted by atomic mass is 10.0. The van der Waals surface area contributed by atoms with Crippen LogP contribution >= 0.6 is 0 Å². The molecule has 0 atom stereocenters. The predicted molar refractivity (Wildman–Crippen MR) is 149 cm³/mol. The van der Waals surface area contributed by atoms with Gasteiger partial charge in [-0.2, -0.15) is 0 Å². The normalized spacial score (nSPS) is 10.9. The van der Waals surface area contributed by atoms with Crippen LogP contribution in [0.1, 0.15) is 59.2 Å². The van der Waals surface area contributed by atoms with Crippen molar-refractivity contribution in [1.82, 2.24) is 15.4 Å². The first-order valence-electron chi connectivity index (χ1n) is 13.0. The fraction of sp³-hybridized carbons (Fsp3) is 0.267. The molecule has 3 N–H and O–H groups in total. The van der Waals surface area contributed by atoms with Gasteiger partial charge in [0.25, 0.3) is 11.6 Å². The van der Waals surface area contributed by atoms with E-state index in [-0.39, 0.29) is 22.4 Å². The number of hydrogen-bond donors (Lipinski definition) is 3. The molecule has 0 unspecified atom stereocenters. The van der Waals surface area contributed by atoms with Crippen molar-refractivity contribution in [1.29, 1.82) is 0 Å². The van der Waals surface area contributed by atoms with Gasteiger partial charge in [0.2, 0.25) is 5.91 Å². The van der Waals surface area contributed by atoms with Crippen LogP contribution in [0.3, 0.4) is 0 Å². The molecule has 9 heteroatoms.